The zero-order valence-electron chi connectivity index (χ0n) is 11.2. The minimum Gasteiger partial charge on any atom is -0.492 e. The summed E-state index contributed by atoms with van der Waals surface area (Å²) >= 11 is 0. The van der Waals surface area contributed by atoms with Crippen molar-refractivity contribution in [1.82, 2.24) is 4.90 Å². The van der Waals surface area contributed by atoms with Gasteiger partial charge in [-0.1, -0.05) is 0 Å². The molecule has 5 heteroatoms. The molecule has 0 bridgehead atoms. The van der Waals surface area contributed by atoms with Crippen molar-refractivity contribution in [2.75, 3.05) is 32.0 Å². The van der Waals surface area contributed by atoms with Crippen molar-refractivity contribution in [3.63, 3.8) is 0 Å². The summed E-state index contributed by atoms with van der Waals surface area (Å²) in [5, 5.41) is 9.07. The predicted molar refractivity (Wildman–Crippen MR) is 73.7 cm³/mol. The van der Waals surface area contributed by atoms with Crippen LogP contribution in [0.15, 0.2) is 12.1 Å². The fourth-order valence-electron chi connectivity index (χ4n) is 2.32. The molecule has 1 aromatic carbocycles. The van der Waals surface area contributed by atoms with Crippen LogP contribution in [0.4, 0.5) is 5.69 Å². The van der Waals surface area contributed by atoms with Crippen molar-refractivity contribution in [3.8, 4) is 5.75 Å². The highest BCUT2D eigenvalue weighted by molar-refractivity contribution is 5.95. The number of nitrogens with two attached hydrogens (primary N) is 1. The van der Waals surface area contributed by atoms with Gasteiger partial charge in [-0.2, -0.15) is 0 Å². The molecule has 0 unspecified atom stereocenters. The molecule has 0 spiro atoms. The molecule has 0 aliphatic carbocycles. The summed E-state index contributed by atoms with van der Waals surface area (Å²) in [5.41, 5.74) is 6.88. The number of carboxylic acid groups (broad SMARTS) is 1. The van der Waals surface area contributed by atoms with Gasteiger partial charge in [0.25, 0.3) is 0 Å². The van der Waals surface area contributed by atoms with Crippen LogP contribution in [0.2, 0.25) is 0 Å². The smallest absolute Gasteiger partial charge is 0.337 e. The fraction of sp³-hybridized carbons (Fsp3) is 0.500. The van der Waals surface area contributed by atoms with E-state index in [2.05, 4.69) is 4.90 Å². The third-order valence-corrected chi connectivity index (χ3v) is 3.47. The number of nitrogen functional groups attached to an aromatic ring is 1. The number of hydrogen-bond donors (Lipinski definition) is 2. The van der Waals surface area contributed by atoms with Gasteiger partial charge in [-0.25, -0.2) is 4.79 Å². The second-order valence-electron chi connectivity index (χ2n) is 4.90. The van der Waals surface area contributed by atoms with Gasteiger partial charge in [0.15, 0.2) is 0 Å². The number of benzene rings is 1. The first kappa shape index (κ1) is 13.7. The summed E-state index contributed by atoms with van der Waals surface area (Å²) in [5.74, 6) is -0.450. The Morgan fingerprint density at radius 2 is 2.11 bits per heavy atom. The number of aryl methyl sites for hydroxylation is 1. The van der Waals surface area contributed by atoms with Gasteiger partial charge < -0.3 is 15.6 Å². The molecular formula is C14H20N2O3. The Labute approximate surface area is 113 Å². The number of rotatable bonds is 5. The van der Waals surface area contributed by atoms with Gasteiger partial charge >= 0.3 is 5.97 Å². The first-order valence-corrected chi connectivity index (χ1v) is 6.56. The van der Waals surface area contributed by atoms with Crippen molar-refractivity contribution >= 4 is 11.7 Å². The Morgan fingerprint density at radius 1 is 1.42 bits per heavy atom. The predicted octanol–water partition coefficient (Wildman–Crippen LogP) is 1.75. The van der Waals surface area contributed by atoms with Crippen LogP contribution in [0.25, 0.3) is 0 Å². The largest absolute Gasteiger partial charge is 0.492 e. The second-order valence-corrected chi connectivity index (χ2v) is 4.90. The number of aromatic carboxylic acids is 1. The SMILES string of the molecule is Cc1cc(OCCN2CCCC2)cc(C(=O)O)c1N. The van der Waals surface area contributed by atoms with Crippen LogP contribution in [0, 0.1) is 6.92 Å². The molecule has 5 nitrogen and oxygen atoms in total. The Bertz CT molecular complexity index is 468. The Kier molecular flexibility index (Phi) is 4.27. The summed E-state index contributed by atoms with van der Waals surface area (Å²) < 4.78 is 5.63. The molecule has 2 rings (SSSR count). The number of likely N-dealkylation sites (tertiary alicyclic amines) is 1. The summed E-state index contributed by atoms with van der Waals surface area (Å²) in [4.78, 5) is 13.4. The van der Waals surface area contributed by atoms with Gasteiger partial charge in [0.1, 0.15) is 12.4 Å². The highest BCUT2D eigenvalue weighted by Crippen LogP contribution is 2.24. The van der Waals surface area contributed by atoms with Gasteiger partial charge in [0.05, 0.1) is 5.56 Å². The molecule has 0 saturated carbocycles. The third-order valence-electron chi connectivity index (χ3n) is 3.47. The van der Waals surface area contributed by atoms with Crippen LogP contribution in [-0.2, 0) is 0 Å². The molecule has 0 radical (unpaired) electrons. The summed E-state index contributed by atoms with van der Waals surface area (Å²) in [6.45, 7) is 5.50. The molecule has 104 valence electrons. The van der Waals surface area contributed by atoms with E-state index in [4.69, 9.17) is 15.6 Å². The van der Waals surface area contributed by atoms with Gasteiger partial charge in [-0.3, -0.25) is 4.90 Å². The third kappa shape index (κ3) is 3.38. The van der Waals surface area contributed by atoms with Crippen molar-refractivity contribution in [3.05, 3.63) is 23.3 Å². The molecule has 1 aromatic rings. The van der Waals surface area contributed by atoms with E-state index in [9.17, 15) is 4.79 Å². The van der Waals surface area contributed by atoms with E-state index in [1.165, 1.54) is 18.9 Å². The molecule has 1 aliphatic rings. The minimum absolute atomic E-state index is 0.108. The number of carboxylic acids is 1. The summed E-state index contributed by atoms with van der Waals surface area (Å²) in [6.07, 6.45) is 2.51. The number of anilines is 1. The first-order chi connectivity index (χ1) is 9.08. The van der Waals surface area contributed by atoms with Gasteiger partial charge in [-0.05, 0) is 50.6 Å². The molecule has 19 heavy (non-hydrogen) atoms. The van der Waals surface area contributed by atoms with Crippen LogP contribution in [0.1, 0.15) is 28.8 Å². The lowest BCUT2D eigenvalue weighted by molar-refractivity contribution is 0.0697. The highest BCUT2D eigenvalue weighted by Gasteiger charge is 2.14. The van der Waals surface area contributed by atoms with Crippen LogP contribution in [0.3, 0.4) is 0 Å². The maximum atomic E-state index is 11.1. The average Bonchev–Trinajstić information content (AvgIpc) is 2.86. The number of ether oxygens (including phenoxy) is 1. The molecule has 1 aliphatic heterocycles. The molecule has 3 N–H and O–H groups in total. The topological polar surface area (TPSA) is 75.8 Å². The monoisotopic (exact) mass is 264 g/mol. The van der Waals surface area contributed by atoms with Crippen LogP contribution >= 0.6 is 0 Å². The lowest BCUT2D eigenvalue weighted by atomic mass is 10.1. The summed E-state index contributed by atoms with van der Waals surface area (Å²) in [6, 6.07) is 3.28. The van der Waals surface area contributed by atoms with Crippen molar-refractivity contribution in [1.29, 1.82) is 0 Å². The molecular weight excluding hydrogens is 244 g/mol. The number of nitrogens with zero attached hydrogens (tertiary/aromatic N) is 1. The number of hydrogen-bond acceptors (Lipinski definition) is 4. The molecule has 1 saturated heterocycles. The minimum atomic E-state index is -1.02. The maximum absolute atomic E-state index is 11.1. The van der Waals surface area contributed by atoms with Crippen molar-refractivity contribution < 1.29 is 14.6 Å². The van der Waals surface area contributed by atoms with E-state index in [0.717, 1.165) is 25.2 Å². The molecule has 1 heterocycles. The van der Waals surface area contributed by atoms with Crippen LogP contribution in [0.5, 0.6) is 5.75 Å². The molecule has 0 aromatic heterocycles. The van der Waals surface area contributed by atoms with Crippen LogP contribution in [-0.4, -0.2) is 42.2 Å². The summed E-state index contributed by atoms with van der Waals surface area (Å²) in [7, 11) is 0. The first-order valence-electron chi connectivity index (χ1n) is 6.56. The standard InChI is InChI=1S/C14H20N2O3/c1-10-8-11(9-12(13(10)15)14(17)18)19-7-6-16-4-2-3-5-16/h8-9H,2-7,15H2,1H3,(H,17,18). The zero-order valence-corrected chi connectivity index (χ0v) is 11.2. The van der Waals surface area contributed by atoms with Crippen molar-refractivity contribution in [2.45, 2.75) is 19.8 Å². The van der Waals surface area contributed by atoms with E-state index in [1.54, 1.807) is 13.0 Å². The van der Waals surface area contributed by atoms with E-state index < -0.39 is 5.97 Å². The molecule has 0 amide bonds. The zero-order chi connectivity index (χ0) is 13.8. The van der Waals surface area contributed by atoms with E-state index >= 15 is 0 Å². The van der Waals surface area contributed by atoms with Gasteiger partial charge in [0, 0.05) is 12.2 Å². The van der Waals surface area contributed by atoms with Gasteiger partial charge in [-0.15, -0.1) is 0 Å². The quantitative estimate of drug-likeness (QED) is 0.792. The highest BCUT2D eigenvalue weighted by atomic mass is 16.5. The Balaban J connectivity index is 1.97. The van der Waals surface area contributed by atoms with Crippen LogP contribution < -0.4 is 10.5 Å². The average molecular weight is 264 g/mol. The van der Waals surface area contributed by atoms with E-state index in [0.29, 0.717) is 18.0 Å². The normalized spacial score (nSPS) is 15.6. The lowest BCUT2D eigenvalue weighted by Gasteiger charge is -2.16. The van der Waals surface area contributed by atoms with Gasteiger partial charge in [0.2, 0.25) is 0 Å². The fourth-order valence-corrected chi connectivity index (χ4v) is 2.32. The number of carbonyl (C=O) groups is 1. The molecule has 0 atom stereocenters. The Morgan fingerprint density at radius 3 is 2.74 bits per heavy atom. The molecule has 1 fully saturated rings. The maximum Gasteiger partial charge on any atom is 0.337 e. The van der Waals surface area contributed by atoms with E-state index in [1.807, 2.05) is 0 Å². The van der Waals surface area contributed by atoms with E-state index in [-0.39, 0.29) is 5.56 Å². The Hall–Kier alpha value is -1.75. The lowest BCUT2D eigenvalue weighted by Crippen LogP contribution is -2.25. The second kappa shape index (κ2) is 5.93. The van der Waals surface area contributed by atoms with Crippen molar-refractivity contribution in [2.24, 2.45) is 0 Å².